The van der Waals surface area contributed by atoms with Crippen LogP contribution in [0.4, 0.5) is 0 Å². The number of hydrogen-bond donors (Lipinski definition) is 1. The molecule has 0 aliphatic rings. The maximum atomic E-state index is 3.43. The Morgan fingerprint density at radius 1 is 0.419 bits per heavy atom. The standard InChI is InChI=1S/C30H63N/c1-5-31-28-24-20-23-27-30(4)26-22-19-17-15-13-11-9-7-6-8-10-12-14-16-18-21-25-29(2)3/h29-31H,5-28H2,1-4H3. The molecule has 1 atom stereocenters. The second kappa shape index (κ2) is 26.2. The van der Waals surface area contributed by atoms with E-state index in [1.807, 2.05) is 0 Å². The van der Waals surface area contributed by atoms with E-state index in [4.69, 9.17) is 0 Å². The first kappa shape index (κ1) is 31.0. The van der Waals surface area contributed by atoms with E-state index >= 15 is 0 Å². The first-order valence-corrected chi connectivity index (χ1v) is 14.9. The van der Waals surface area contributed by atoms with Gasteiger partial charge in [-0.2, -0.15) is 0 Å². The molecule has 0 saturated carbocycles. The molecule has 0 bridgehead atoms. The Kier molecular flexibility index (Phi) is 26.2. The molecular formula is C30H63N. The molecule has 0 fully saturated rings. The fourth-order valence-corrected chi connectivity index (χ4v) is 4.76. The van der Waals surface area contributed by atoms with Crippen LogP contribution in [-0.4, -0.2) is 13.1 Å². The first-order chi connectivity index (χ1) is 15.2. The molecular weight excluding hydrogens is 374 g/mol. The molecule has 0 saturated heterocycles. The van der Waals surface area contributed by atoms with Crippen LogP contribution >= 0.6 is 0 Å². The van der Waals surface area contributed by atoms with E-state index in [1.54, 1.807) is 0 Å². The van der Waals surface area contributed by atoms with Crippen LogP contribution in [0.1, 0.15) is 169 Å². The van der Waals surface area contributed by atoms with Crippen LogP contribution in [0.3, 0.4) is 0 Å². The van der Waals surface area contributed by atoms with Crippen molar-refractivity contribution in [3.8, 4) is 0 Å². The lowest BCUT2D eigenvalue weighted by Gasteiger charge is -2.11. The summed E-state index contributed by atoms with van der Waals surface area (Å²) in [7, 11) is 0. The van der Waals surface area contributed by atoms with Crippen molar-refractivity contribution in [1.82, 2.24) is 5.32 Å². The third-order valence-electron chi connectivity index (χ3n) is 7.03. The fourth-order valence-electron chi connectivity index (χ4n) is 4.76. The van der Waals surface area contributed by atoms with Crippen molar-refractivity contribution in [2.75, 3.05) is 13.1 Å². The Morgan fingerprint density at radius 2 is 0.742 bits per heavy atom. The molecule has 188 valence electrons. The van der Waals surface area contributed by atoms with Gasteiger partial charge < -0.3 is 5.32 Å². The third-order valence-corrected chi connectivity index (χ3v) is 7.03. The maximum absolute atomic E-state index is 3.43. The zero-order valence-electron chi connectivity index (χ0n) is 22.6. The predicted molar refractivity (Wildman–Crippen MR) is 144 cm³/mol. The molecule has 0 aromatic heterocycles. The molecule has 0 spiro atoms. The summed E-state index contributed by atoms with van der Waals surface area (Å²) >= 11 is 0. The number of rotatable bonds is 26. The molecule has 0 heterocycles. The van der Waals surface area contributed by atoms with Gasteiger partial charge in [0.25, 0.3) is 0 Å². The average Bonchev–Trinajstić information content (AvgIpc) is 2.75. The Labute approximate surface area is 199 Å². The lowest BCUT2D eigenvalue weighted by atomic mass is 9.96. The van der Waals surface area contributed by atoms with Gasteiger partial charge in [0, 0.05) is 0 Å². The van der Waals surface area contributed by atoms with Gasteiger partial charge in [0.05, 0.1) is 0 Å². The van der Waals surface area contributed by atoms with Crippen molar-refractivity contribution in [2.45, 2.75) is 169 Å². The Morgan fingerprint density at radius 3 is 1.10 bits per heavy atom. The summed E-state index contributed by atoms with van der Waals surface area (Å²) in [4.78, 5) is 0. The SMILES string of the molecule is CCNCCCCCC(C)CCCCCCCCCCCCCCCCCCC(C)C. The topological polar surface area (TPSA) is 12.0 Å². The highest BCUT2D eigenvalue weighted by Crippen LogP contribution is 2.18. The third kappa shape index (κ3) is 27.9. The van der Waals surface area contributed by atoms with Crippen molar-refractivity contribution in [3.63, 3.8) is 0 Å². The van der Waals surface area contributed by atoms with Gasteiger partial charge in [0.2, 0.25) is 0 Å². The van der Waals surface area contributed by atoms with Crippen molar-refractivity contribution in [2.24, 2.45) is 11.8 Å². The monoisotopic (exact) mass is 437 g/mol. The number of unbranched alkanes of at least 4 members (excludes halogenated alkanes) is 17. The van der Waals surface area contributed by atoms with Gasteiger partial charge in [0.1, 0.15) is 0 Å². The van der Waals surface area contributed by atoms with Crippen LogP contribution in [0.25, 0.3) is 0 Å². The quantitative estimate of drug-likeness (QED) is 0.133. The van der Waals surface area contributed by atoms with E-state index in [0.717, 1.165) is 18.4 Å². The van der Waals surface area contributed by atoms with E-state index < -0.39 is 0 Å². The van der Waals surface area contributed by atoms with E-state index in [0.29, 0.717) is 0 Å². The summed E-state index contributed by atoms with van der Waals surface area (Å²) in [6.07, 6.45) is 32.2. The normalized spacial score (nSPS) is 12.7. The molecule has 0 aromatic rings. The second-order valence-electron chi connectivity index (χ2n) is 10.9. The van der Waals surface area contributed by atoms with Gasteiger partial charge in [0.15, 0.2) is 0 Å². The van der Waals surface area contributed by atoms with Crippen LogP contribution in [0.2, 0.25) is 0 Å². The highest BCUT2D eigenvalue weighted by Gasteiger charge is 2.02. The van der Waals surface area contributed by atoms with Gasteiger partial charge >= 0.3 is 0 Å². The van der Waals surface area contributed by atoms with Gasteiger partial charge in [-0.25, -0.2) is 0 Å². The van der Waals surface area contributed by atoms with E-state index in [9.17, 15) is 0 Å². The molecule has 1 unspecified atom stereocenters. The molecule has 0 radical (unpaired) electrons. The summed E-state index contributed by atoms with van der Waals surface area (Å²) in [5, 5.41) is 3.43. The molecule has 0 aliphatic carbocycles. The Hall–Kier alpha value is -0.0400. The van der Waals surface area contributed by atoms with E-state index in [2.05, 4.69) is 33.0 Å². The summed E-state index contributed by atoms with van der Waals surface area (Å²) in [5.74, 6) is 1.84. The minimum Gasteiger partial charge on any atom is -0.317 e. The van der Waals surface area contributed by atoms with Crippen LogP contribution in [0.5, 0.6) is 0 Å². The van der Waals surface area contributed by atoms with E-state index in [-0.39, 0.29) is 0 Å². The largest absolute Gasteiger partial charge is 0.317 e. The molecule has 0 amide bonds. The molecule has 31 heavy (non-hydrogen) atoms. The number of hydrogen-bond acceptors (Lipinski definition) is 1. The lowest BCUT2D eigenvalue weighted by molar-refractivity contribution is 0.432. The highest BCUT2D eigenvalue weighted by atomic mass is 14.8. The van der Waals surface area contributed by atoms with Gasteiger partial charge in [-0.1, -0.05) is 163 Å². The average molecular weight is 438 g/mol. The van der Waals surface area contributed by atoms with Gasteiger partial charge in [-0.3, -0.25) is 0 Å². The molecule has 0 aromatic carbocycles. The maximum Gasteiger partial charge on any atom is -0.00490 e. The zero-order chi connectivity index (χ0) is 22.8. The smallest absolute Gasteiger partial charge is 0.00490 e. The van der Waals surface area contributed by atoms with Crippen LogP contribution in [0.15, 0.2) is 0 Å². The minimum absolute atomic E-state index is 0.895. The first-order valence-electron chi connectivity index (χ1n) is 14.9. The Balaban J connectivity index is 3.10. The van der Waals surface area contributed by atoms with Crippen LogP contribution < -0.4 is 5.32 Å². The summed E-state index contributed by atoms with van der Waals surface area (Å²) in [6, 6.07) is 0. The predicted octanol–water partition coefficient (Wildman–Crippen LogP) is 10.5. The minimum atomic E-state index is 0.895. The zero-order valence-corrected chi connectivity index (χ0v) is 22.6. The Bertz CT molecular complexity index is 312. The fraction of sp³-hybridized carbons (Fsp3) is 1.00. The van der Waals surface area contributed by atoms with Gasteiger partial charge in [-0.05, 0) is 31.3 Å². The molecule has 1 N–H and O–H groups in total. The molecule has 0 rings (SSSR count). The summed E-state index contributed by atoms with van der Waals surface area (Å²) in [6.45, 7) is 11.7. The summed E-state index contributed by atoms with van der Waals surface area (Å²) < 4.78 is 0. The molecule has 1 heteroatoms. The molecule has 1 nitrogen and oxygen atoms in total. The van der Waals surface area contributed by atoms with Crippen molar-refractivity contribution in [1.29, 1.82) is 0 Å². The van der Waals surface area contributed by atoms with Gasteiger partial charge in [-0.15, -0.1) is 0 Å². The van der Waals surface area contributed by atoms with Crippen molar-refractivity contribution in [3.05, 3.63) is 0 Å². The van der Waals surface area contributed by atoms with Crippen LogP contribution in [0, 0.1) is 11.8 Å². The molecule has 0 aliphatic heterocycles. The van der Waals surface area contributed by atoms with Crippen molar-refractivity contribution < 1.29 is 0 Å². The summed E-state index contributed by atoms with van der Waals surface area (Å²) in [5.41, 5.74) is 0. The second-order valence-corrected chi connectivity index (χ2v) is 10.9. The lowest BCUT2D eigenvalue weighted by Crippen LogP contribution is -2.13. The van der Waals surface area contributed by atoms with E-state index in [1.165, 1.54) is 148 Å². The highest BCUT2D eigenvalue weighted by molar-refractivity contribution is 4.56. The number of nitrogens with one attached hydrogen (secondary N) is 1. The van der Waals surface area contributed by atoms with Crippen molar-refractivity contribution >= 4 is 0 Å². The van der Waals surface area contributed by atoms with Crippen LogP contribution in [-0.2, 0) is 0 Å².